The van der Waals surface area contributed by atoms with Crippen LogP contribution in [0.2, 0.25) is 0 Å². The van der Waals surface area contributed by atoms with Crippen molar-refractivity contribution in [2.45, 2.75) is 39.5 Å². The molecule has 78 valence electrons. The van der Waals surface area contributed by atoms with Crippen LogP contribution in [-0.4, -0.2) is 28.6 Å². The largest absolute Gasteiger partial charge is 0.357 e. The average Bonchev–Trinajstić information content (AvgIpc) is 2.05. The maximum absolute atomic E-state index is 5.48. The summed E-state index contributed by atoms with van der Waals surface area (Å²) in [6.45, 7) is 11.7. The maximum atomic E-state index is 5.48. The van der Waals surface area contributed by atoms with E-state index in [0.717, 1.165) is 19.6 Å². The van der Waals surface area contributed by atoms with Crippen LogP contribution in [0.3, 0.4) is 0 Å². The number of rotatable bonds is 8. The highest BCUT2D eigenvalue weighted by molar-refractivity contribution is 6.46. The quantitative estimate of drug-likeness (QED) is 0.441. The van der Waals surface area contributed by atoms with Gasteiger partial charge in [-0.1, -0.05) is 18.5 Å². The van der Waals surface area contributed by atoms with E-state index in [2.05, 4.69) is 13.5 Å². The Labute approximate surface area is 84.1 Å². The number of allylic oxidation sites excluding steroid dienone is 1. The molecule has 0 N–H and O–H groups in total. The van der Waals surface area contributed by atoms with E-state index in [0.29, 0.717) is 0 Å². The van der Waals surface area contributed by atoms with Gasteiger partial charge in [-0.2, -0.15) is 0 Å². The van der Waals surface area contributed by atoms with Crippen molar-refractivity contribution in [2.75, 3.05) is 13.2 Å². The standard InChI is InChI=1S/C10H22O2Si/c1-5-8-9(4)13-10(11-6-2)12-7-3/h10H,4-8,13H2,1-3H3. The summed E-state index contributed by atoms with van der Waals surface area (Å²) in [6, 6.07) is 0. The van der Waals surface area contributed by atoms with Gasteiger partial charge in [0.2, 0.25) is 0 Å². The van der Waals surface area contributed by atoms with Gasteiger partial charge in [-0.05, 0) is 20.3 Å². The van der Waals surface area contributed by atoms with Gasteiger partial charge in [0, 0.05) is 13.2 Å². The fourth-order valence-corrected chi connectivity index (χ4v) is 2.97. The predicted octanol–water partition coefficient (Wildman–Crippen LogP) is 1.83. The van der Waals surface area contributed by atoms with Crippen LogP contribution in [0.4, 0.5) is 0 Å². The molecule has 0 saturated heterocycles. The molecule has 0 aromatic carbocycles. The number of ether oxygens (including phenoxy) is 2. The van der Waals surface area contributed by atoms with Crippen LogP contribution in [-0.2, 0) is 9.47 Å². The van der Waals surface area contributed by atoms with Gasteiger partial charge in [0.25, 0.3) is 0 Å². The summed E-state index contributed by atoms with van der Waals surface area (Å²) >= 11 is 0. The summed E-state index contributed by atoms with van der Waals surface area (Å²) in [4.78, 5) is 0. The monoisotopic (exact) mass is 202 g/mol. The molecule has 0 aliphatic heterocycles. The lowest BCUT2D eigenvalue weighted by Gasteiger charge is -2.17. The molecule has 0 saturated carbocycles. The first-order valence-electron chi connectivity index (χ1n) is 5.14. The van der Waals surface area contributed by atoms with Gasteiger partial charge in [-0.15, -0.1) is 6.58 Å². The molecule has 0 aliphatic rings. The predicted molar refractivity (Wildman–Crippen MR) is 59.6 cm³/mol. The van der Waals surface area contributed by atoms with Crippen LogP contribution >= 0.6 is 0 Å². The van der Waals surface area contributed by atoms with Gasteiger partial charge in [0.05, 0.1) is 0 Å². The van der Waals surface area contributed by atoms with Crippen LogP contribution in [0.5, 0.6) is 0 Å². The molecule has 0 radical (unpaired) electrons. The van der Waals surface area contributed by atoms with Crippen molar-refractivity contribution in [3.63, 3.8) is 0 Å². The lowest BCUT2D eigenvalue weighted by molar-refractivity contribution is -0.0821. The Morgan fingerprint density at radius 3 is 2.15 bits per heavy atom. The highest BCUT2D eigenvalue weighted by Gasteiger charge is 2.09. The fraction of sp³-hybridized carbons (Fsp3) is 0.800. The minimum atomic E-state index is -0.422. The Hall–Kier alpha value is -0.123. The zero-order chi connectivity index (χ0) is 10.1. The van der Waals surface area contributed by atoms with Crippen LogP contribution < -0.4 is 0 Å². The molecular weight excluding hydrogens is 180 g/mol. The molecule has 0 aromatic heterocycles. The van der Waals surface area contributed by atoms with E-state index >= 15 is 0 Å². The van der Waals surface area contributed by atoms with E-state index in [1.165, 1.54) is 11.6 Å². The lowest BCUT2D eigenvalue weighted by atomic mass is 10.3. The molecule has 13 heavy (non-hydrogen) atoms. The third-order valence-electron chi connectivity index (χ3n) is 1.76. The zero-order valence-corrected chi connectivity index (χ0v) is 10.6. The minimum absolute atomic E-state index is 0.0500. The molecule has 0 rings (SSSR count). The summed E-state index contributed by atoms with van der Waals surface area (Å²) in [5.74, 6) is 0.0500. The second kappa shape index (κ2) is 8.47. The fourth-order valence-electron chi connectivity index (χ4n) is 1.23. The molecule has 2 nitrogen and oxygen atoms in total. The van der Waals surface area contributed by atoms with Crippen LogP contribution in [0.15, 0.2) is 11.8 Å². The third-order valence-corrected chi connectivity index (χ3v) is 3.50. The first-order chi connectivity index (χ1) is 6.24. The van der Waals surface area contributed by atoms with Crippen molar-refractivity contribution in [2.24, 2.45) is 0 Å². The van der Waals surface area contributed by atoms with Crippen LogP contribution in [0.25, 0.3) is 0 Å². The van der Waals surface area contributed by atoms with Gasteiger partial charge in [0.1, 0.15) is 15.4 Å². The molecule has 0 atom stereocenters. The molecule has 0 spiro atoms. The van der Waals surface area contributed by atoms with Crippen molar-refractivity contribution in [3.8, 4) is 0 Å². The Kier molecular flexibility index (Phi) is 8.39. The van der Waals surface area contributed by atoms with E-state index in [-0.39, 0.29) is 5.91 Å². The van der Waals surface area contributed by atoms with Crippen molar-refractivity contribution in [3.05, 3.63) is 11.8 Å². The Morgan fingerprint density at radius 1 is 1.23 bits per heavy atom. The Balaban J connectivity index is 3.71. The van der Waals surface area contributed by atoms with Crippen molar-refractivity contribution < 1.29 is 9.47 Å². The summed E-state index contributed by atoms with van der Waals surface area (Å²) in [7, 11) is -0.422. The molecule has 0 amide bonds. The second-order valence-corrected chi connectivity index (χ2v) is 5.12. The lowest BCUT2D eigenvalue weighted by Crippen LogP contribution is -2.25. The van der Waals surface area contributed by atoms with Crippen LogP contribution in [0.1, 0.15) is 33.6 Å². The SMILES string of the molecule is C=C(CCC)[SiH2]C(OCC)OCC. The highest BCUT2D eigenvalue weighted by Crippen LogP contribution is 2.04. The van der Waals surface area contributed by atoms with Crippen molar-refractivity contribution in [1.29, 1.82) is 0 Å². The van der Waals surface area contributed by atoms with E-state index in [9.17, 15) is 0 Å². The molecular formula is C10H22O2Si. The summed E-state index contributed by atoms with van der Waals surface area (Å²) in [6.07, 6.45) is 2.31. The maximum Gasteiger partial charge on any atom is 0.139 e. The first-order valence-corrected chi connectivity index (χ1v) is 6.66. The van der Waals surface area contributed by atoms with Gasteiger partial charge in [-0.3, -0.25) is 0 Å². The zero-order valence-electron chi connectivity index (χ0n) is 9.14. The first kappa shape index (κ1) is 12.9. The van der Waals surface area contributed by atoms with Crippen LogP contribution in [0, 0.1) is 0 Å². The summed E-state index contributed by atoms with van der Waals surface area (Å²) < 4.78 is 11.0. The molecule has 0 bridgehead atoms. The highest BCUT2D eigenvalue weighted by atomic mass is 28.2. The van der Waals surface area contributed by atoms with E-state index < -0.39 is 9.52 Å². The molecule has 0 fully saturated rings. The summed E-state index contributed by atoms with van der Waals surface area (Å²) in [5.41, 5.74) is 0. The van der Waals surface area contributed by atoms with Gasteiger partial charge >= 0.3 is 0 Å². The second-order valence-electron chi connectivity index (χ2n) is 3.04. The molecule has 0 aromatic rings. The number of hydrogen-bond acceptors (Lipinski definition) is 2. The third kappa shape index (κ3) is 6.99. The normalized spacial score (nSPS) is 11.7. The summed E-state index contributed by atoms with van der Waals surface area (Å²) in [5, 5.41) is 1.36. The Morgan fingerprint density at radius 2 is 1.77 bits per heavy atom. The van der Waals surface area contributed by atoms with E-state index in [1.807, 2.05) is 13.8 Å². The van der Waals surface area contributed by atoms with Gasteiger partial charge < -0.3 is 9.47 Å². The molecule has 0 heterocycles. The van der Waals surface area contributed by atoms with Crippen molar-refractivity contribution in [1.82, 2.24) is 0 Å². The van der Waals surface area contributed by atoms with E-state index in [1.54, 1.807) is 0 Å². The van der Waals surface area contributed by atoms with E-state index in [4.69, 9.17) is 9.47 Å². The average molecular weight is 202 g/mol. The number of hydrogen-bond donors (Lipinski definition) is 0. The smallest absolute Gasteiger partial charge is 0.139 e. The topological polar surface area (TPSA) is 18.5 Å². The van der Waals surface area contributed by atoms with Gasteiger partial charge in [-0.25, -0.2) is 0 Å². The Bertz CT molecular complexity index is 131. The molecule has 0 aliphatic carbocycles. The van der Waals surface area contributed by atoms with Crippen molar-refractivity contribution >= 4 is 9.52 Å². The molecule has 0 unspecified atom stereocenters. The molecule has 3 heteroatoms. The minimum Gasteiger partial charge on any atom is -0.357 e. The van der Waals surface area contributed by atoms with Gasteiger partial charge in [0.15, 0.2) is 0 Å².